The molecule has 1 heterocycles. The molecule has 1 aromatic rings. The minimum absolute atomic E-state index is 0.177. The molecule has 0 aromatic carbocycles. The molecule has 0 fully saturated rings. The number of aliphatic hydroxyl groups is 1. The number of anilines is 2. The molecule has 3 N–H and O–H groups in total. The van der Waals surface area contributed by atoms with Gasteiger partial charge >= 0.3 is 0 Å². The summed E-state index contributed by atoms with van der Waals surface area (Å²) in [5.41, 5.74) is 1.11. The molecule has 0 aliphatic carbocycles. The SMILES string of the molecule is CCCNc1ncnc(NCC(C)CO)c1C(C)C. The number of aromatic nitrogens is 2. The summed E-state index contributed by atoms with van der Waals surface area (Å²) >= 11 is 0. The minimum atomic E-state index is 0.177. The van der Waals surface area contributed by atoms with E-state index in [1.54, 1.807) is 6.33 Å². The van der Waals surface area contributed by atoms with E-state index in [0.29, 0.717) is 12.5 Å². The van der Waals surface area contributed by atoms with Crippen LogP contribution in [-0.4, -0.2) is 34.8 Å². The van der Waals surface area contributed by atoms with Crippen molar-refractivity contribution >= 4 is 11.6 Å². The Hall–Kier alpha value is -1.36. The van der Waals surface area contributed by atoms with Gasteiger partial charge in [-0.3, -0.25) is 0 Å². The lowest BCUT2D eigenvalue weighted by atomic mass is 10.0. The Balaban J connectivity index is 2.89. The van der Waals surface area contributed by atoms with Crippen molar-refractivity contribution in [2.24, 2.45) is 5.92 Å². The second-order valence-electron chi connectivity index (χ2n) is 5.23. The van der Waals surface area contributed by atoms with Crippen LogP contribution in [0, 0.1) is 5.92 Å². The van der Waals surface area contributed by atoms with E-state index >= 15 is 0 Å². The molecule has 1 rings (SSSR count). The lowest BCUT2D eigenvalue weighted by Crippen LogP contribution is -2.18. The molecule has 0 saturated carbocycles. The molecule has 0 saturated heterocycles. The second-order valence-corrected chi connectivity index (χ2v) is 5.23. The third-order valence-electron chi connectivity index (χ3n) is 2.93. The van der Waals surface area contributed by atoms with Crippen LogP contribution >= 0.6 is 0 Å². The fourth-order valence-corrected chi connectivity index (χ4v) is 1.80. The van der Waals surface area contributed by atoms with Crippen molar-refractivity contribution in [3.63, 3.8) is 0 Å². The monoisotopic (exact) mass is 266 g/mol. The van der Waals surface area contributed by atoms with Crippen LogP contribution in [0.5, 0.6) is 0 Å². The number of nitrogens with zero attached hydrogens (tertiary/aromatic N) is 2. The van der Waals surface area contributed by atoms with Crippen molar-refractivity contribution in [3.05, 3.63) is 11.9 Å². The molecule has 108 valence electrons. The quantitative estimate of drug-likeness (QED) is 0.674. The zero-order valence-corrected chi connectivity index (χ0v) is 12.4. The summed E-state index contributed by atoms with van der Waals surface area (Å²) in [7, 11) is 0. The van der Waals surface area contributed by atoms with E-state index in [0.717, 1.165) is 30.2 Å². The molecule has 0 spiro atoms. The van der Waals surface area contributed by atoms with Crippen molar-refractivity contribution in [2.45, 2.75) is 40.0 Å². The van der Waals surface area contributed by atoms with Crippen LogP contribution in [0.25, 0.3) is 0 Å². The van der Waals surface area contributed by atoms with E-state index in [1.165, 1.54) is 0 Å². The molecular formula is C14H26N4O. The zero-order valence-electron chi connectivity index (χ0n) is 12.4. The molecule has 0 aliphatic rings. The zero-order chi connectivity index (χ0) is 14.3. The van der Waals surface area contributed by atoms with Gasteiger partial charge in [0.2, 0.25) is 0 Å². The van der Waals surface area contributed by atoms with Crippen LogP contribution in [0.4, 0.5) is 11.6 Å². The van der Waals surface area contributed by atoms with Gasteiger partial charge in [-0.25, -0.2) is 9.97 Å². The Kier molecular flexibility index (Phi) is 6.56. The highest BCUT2D eigenvalue weighted by molar-refractivity contribution is 5.59. The molecule has 0 radical (unpaired) electrons. The molecule has 5 nitrogen and oxygen atoms in total. The molecular weight excluding hydrogens is 240 g/mol. The summed E-state index contributed by atoms with van der Waals surface area (Å²) < 4.78 is 0. The fourth-order valence-electron chi connectivity index (χ4n) is 1.80. The first-order valence-corrected chi connectivity index (χ1v) is 7.03. The first kappa shape index (κ1) is 15.7. The third kappa shape index (κ3) is 4.67. The maximum atomic E-state index is 9.08. The molecule has 0 amide bonds. The number of hydrogen-bond donors (Lipinski definition) is 3. The van der Waals surface area contributed by atoms with Crippen LogP contribution < -0.4 is 10.6 Å². The van der Waals surface area contributed by atoms with Crippen molar-refractivity contribution in [1.82, 2.24) is 9.97 Å². The normalized spacial score (nSPS) is 12.5. The van der Waals surface area contributed by atoms with Gasteiger partial charge in [-0.2, -0.15) is 0 Å². The lowest BCUT2D eigenvalue weighted by Gasteiger charge is -2.18. The lowest BCUT2D eigenvalue weighted by molar-refractivity contribution is 0.244. The van der Waals surface area contributed by atoms with E-state index in [1.807, 2.05) is 6.92 Å². The fraction of sp³-hybridized carbons (Fsp3) is 0.714. The Morgan fingerprint density at radius 3 is 2.32 bits per heavy atom. The Bertz CT molecular complexity index is 382. The summed E-state index contributed by atoms with van der Waals surface area (Å²) in [5, 5.41) is 15.7. The summed E-state index contributed by atoms with van der Waals surface area (Å²) in [4.78, 5) is 8.66. The maximum Gasteiger partial charge on any atom is 0.134 e. The smallest absolute Gasteiger partial charge is 0.134 e. The first-order chi connectivity index (χ1) is 9.10. The highest BCUT2D eigenvalue weighted by Crippen LogP contribution is 2.28. The van der Waals surface area contributed by atoms with Crippen LogP contribution in [0.1, 0.15) is 45.6 Å². The van der Waals surface area contributed by atoms with Crippen LogP contribution in [0.2, 0.25) is 0 Å². The Morgan fingerprint density at radius 2 is 1.79 bits per heavy atom. The van der Waals surface area contributed by atoms with Gasteiger partial charge in [-0.1, -0.05) is 27.7 Å². The average Bonchev–Trinajstić information content (AvgIpc) is 2.41. The molecule has 0 bridgehead atoms. The van der Waals surface area contributed by atoms with Crippen LogP contribution in [0.15, 0.2) is 6.33 Å². The Labute approximate surface area is 115 Å². The molecule has 5 heteroatoms. The number of nitrogens with one attached hydrogen (secondary N) is 2. The van der Waals surface area contributed by atoms with Gasteiger partial charge in [0, 0.05) is 25.3 Å². The van der Waals surface area contributed by atoms with Crippen LogP contribution in [0.3, 0.4) is 0 Å². The van der Waals surface area contributed by atoms with Gasteiger partial charge < -0.3 is 15.7 Å². The highest BCUT2D eigenvalue weighted by atomic mass is 16.3. The van der Waals surface area contributed by atoms with Gasteiger partial charge in [0.1, 0.15) is 18.0 Å². The topological polar surface area (TPSA) is 70.1 Å². The van der Waals surface area contributed by atoms with Crippen molar-refractivity contribution in [2.75, 3.05) is 30.3 Å². The van der Waals surface area contributed by atoms with Gasteiger partial charge in [0.05, 0.1) is 0 Å². The summed E-state index contributed by atoms with van der Waals surface area (Å²) in [6.07, 6.45) is 2.64. The molecule has 1 unspecified atom stereocenters. The van der Waals surface area contributed by atoms with Crippen molar-refractivity contribution in [1.29, 1.82) is 0 Å². The van der Waals surface area contributed by atoms with Crippen LogP contribution in [-0.2, 0) is 0 Å². The van der Waals surface area contributed by atoms with E-state index in [9.17, 15) is 0 Å². The third-order valence-corrected chi connectivity index (χ3v) is 2.93. The highest BCUT2D eigenvalue weighted by Gasteiger charge is 2.15. The minimum Gasteiger partial charge on any atom is -0.396 e. The largest absolute Gasteiger partial charge is 0.396 e. The standard InChI is InChI=1S/C14H26N4O/c1-5-6-15-13-12(10(2)3)14(18-9-17-13)16-7-11(4)8-19/h9-11,19H,5-8H2,1-4H3,(H2,15,16,17,18). The van der Waals surface area contributed by atoms with Gasteiger partial charge in [0.15, 0.2) is 0 Å². The number of rotatable bonds is 8. The van der Waals surface area contributed by atoms with E-state index < -0.39 is 0 Å². The first-order valence-electron chi connectivity index (χ1n) is 7.03. The molecule has 1 aromatic heterocycles. The maximum absolute atomic E-state index is 9.08. The number of aliphatic hydroxyl groups excluding tert-OH is 1. The predicted octanol–water partition coefficient (Wildman–Crippen LogP) is 2.46. The molecule has 0 aliphatic heterocycles. The van der Waals surface area contributed by atoms with Gasteiger partial charge in [0.25, 0.3) is 0 Å². The summed E-state index contributed by atoms with van der Waals surface area (Å²) in [6.45, 7) is 10.2. The Morgan fingerprint density at radius 1 is 1.16 bits per heavy atom. The average molecular weight is 266 g/mol. The number of hydrogen-bond acceptors (Lipinski definition) is 5. The van der Waals surface area contributed by atoms with Crippen molar-refractivity contribution in [3.8, 4) is 0 Å². The van der Waals surface area contributed by atoms with E-state index in [-0.39, 0.29) is 12.5 Å². The van der Waals surface area contributed by atoms with Gasteiger partial charge in [-0.05, 0) is 18.3 Å². The summed E-state index contributed by atoms with van der Waals surface area (Å²) in [6, 6.07) is 0. The van der Waals surface area contributed by atoms with Crippen molar-refractivity contribution < 1.29 is 5.11 Å². The van der Waals surface area contributed by atoms with Gasteiger partial charge in [-0.15, -0.1) is 0 Å². The summed E-state index contributed by atoms with van der Waals surface area (Å²) in [5.74, 6) is 2.32. The van der Waals surface area contributed by atoms with E-state index in [4.69, 9.17) is 5.11 Å². The van der Waals surface area contributed by atoms with E-state index in [2.05, 4.69) is 41.4 Å². The second kappa shape index (κ2) is 7.94. The molecule has 19 heavy (non-hydrogen) atoms. The molecule has 1 atom stereocenters. The predicted molar refractivity (Wildman–Crippen MR) is 79.6 cm³/mol.